The molecule has 0 aliphatic rings. The number of nitrogens with one attached hydrogen (secondary N) is 1. The summed E-state index contributed by atoms with van der Waals surface area (Å²) in [6.07, 6.45) is 5.34. The van der Waals surface area contributed by atoms with Crippen LogP contribution in [0, 0.1) is 5.82 Å². The van der Waals surface area contributed by atoms with Crippen LogP contribution in [0.4, 0.5) is 10.1 Å². The minimum absolute atomic E-state index is 0.143. The average Bonchev–Trinajstić information content (AvgIpc) is 3.09. The van der Waals surface area contributed by atoms with Crippen LogP contribution in [-0.4, -0.2) is 20.9 Å². The quantitative estimate of drug-likeness (QED) is 0.732. The van der Waals surface area contributed by atoms with Gasteiger partial charge in [0.25, 0.3) is 0 Å². The summed E-state index contributed by atoms with van der Waals surface area (Å²) in [6.45, 7) is 6.07. The standard InChI is InChI=1S/C20H21FN4O2/c1-20(2,3)19-23-10-15(11-24-19)25-17(26)8-9-18-22-12-16(27-18)13-4-6-14(21)7-5-13/h4-7,10-12H,8-9H2,1-3H3,(H,25,26). The maximum atomic E-state index is 13.0. The Bertz CT molecular complexity index is 912. The van der Waals surface area contributed by atoms with Gasteiger partial charge < -0.3 is 9.73 Å². The summed E-state index contributed by atoms with van der Waals surface area (Å²) >= 11 is 0. The Morgan fingerprint density at radius 3 is 2.37 bits per heavy atom. The van der Waals surface area contributed by atoms with Crippen LogP contribution in [0.2, 0.25) is 0 Å². The van der Waals surface area contributed by atoms with E-state index in [2.05, 4.69) is 20.3 Å². The molecule has 1 amide bonds. The van der Waals surface area contributed by atoms with E-state index in [0.29, 0.717) is 29.6 Å². The number of hydrogen-bond acceptors (Lipinski definition) is 5. The zero-order valence-corrected chi connectivity index (χ0v) is 15.5. The Morgan fingerprint density at radius 1 is 1.07 bits per heavy atom. The molecule has 7 heteroatoms. The number of nitrogens with zero attached hydrogens (tertiary/aromatic N) is 3. The summed E-state index contributed by atoms with van der Waals surface area (Å²) in [7, 11) is 0. The normalized spacial score (nSPS) is 11.4. The van der Waals surface area contributed by atoms with E-state index >= 15 is 0 Å². The topological polar surface area (TPSA) is 80.9 Å². The fourth-order valence-corrected chi connectivity index (χ4v) is 2.40. The zero-order chi connectivity index (χ0) is 19.4. The molecule has 0 atom stereocenters. The SMILES string of the molecule is CC(C)(C)c1ncc(NC(=O)CCc2ncc(-c3ccc(F)cc3)o2)cn1. The van der Waals surface area contributed by atoms with Gasteiger partial charge in [-0.15, -0.1) is 0 Å². The first kappa shape index (κ1) is 18.7. The molecule has 0 saturated heterocycles. The summed E-state index contributed by atoms with van der Waals surface area (Å²) < 4.78 is 18.6. The van der Waals surface area contributed by atoms with E-state index in [0.717, 1.165) is 5.56 Å². The van der Waals surface area contributed by atoms with Crippen molar-refractivity contribution in [2.45, 2.75) is 39.0 Å². The van der Waals surface area contributed by atoms with E-state index in [1.165, 1.54) is 12.1 Å². The third-order valence-corrected chi connectivity index (χ3v) is 3.85. The summed E-state index contributed by atoms with van der Waals surface area (Å²) in [4.78, 5) is 24.8. The van der Waals surface area contributed by atoms with Gasteiger partial charge in [0.2, 0.25) is 5.91 Å². The molecular formula is C20H21FN4O2. The van der Waals surface area contributed by atoms with E-state index in [1.54, 1.807) is 30.7 Å². The molecule has 6 nitrogen and oxygen atoms in total. The van der Waals surface area contributed by atoms with Crippen LogP contribution in [-0.2, 0) is 16.6 Å². The fourth-order valence-electron chi connectivity index (χ4n) is 2.40. The highest BCUT2D eigenvalue weighted by Gasteiger charge is 2.17. The number of aryl methyl sites for hydroxylation is 1. The van der Waals surface area contributed by atoms with E-state index in [-0.39, 0.29) is 23.6 Å². The van der Waals surface area contributed by atoms with Crippen LogP contribution in [0.5, 0.6) is 0 Å². The first-order valence-electron chi connectivity index (χ1n) is 8.64. The second kappa shape index (κ2) is 7.65. The van der Waals surface area contributed by atoms with Gasteiger partial charge in [-0.3, -0.25) is 4.79 Å². The zero-order valence-electron chi connectivity index (χ0n) is 15.5. The number of oxazole rings is 1. The number of halogens is 1. The number of amides is 1. The lowest BCUT2D eigenvalue weighted by atomic mass is 9.96. The van der Waals surface area contributed by atoms with Gasteiger partial charge in [0.15, 0.2) is 11.7 Å². The molecule has 0 aliphatic carbocycles. The number of carbonyl (C=O) groups is 1. The van der Waals surface area contributed by atoms with E-state index in [4.69, 9.17) is 4.42 Å². The van der Waals surface area contributed by atoms with Gasteiger partial charge in [-0.25, -0.2) is 19.3 Å². The molecule has 140 valence electrons. The van der Waals surface area contributed by atoms with Crippen molar-refractivity contribution in [3.05, 3.63) is 60.4 Å². The van der Waals surface area contributed by atoms with Crippen LogP contribution in [0.15, 0.2) is 47.3 Å². The maximum Gasteiger partial charge on any atom is 0.224 e. The second-order valence-corrected chi connectivity index (χ2v) is 7.22. The van der Waals surface area contributed by atoms with E-state index < -0.39 is 0 Å². The van der Waals surface area contributed by atoms with Gasteiger partial charge in [-0.05, 0) is 24.3 Å². The van der Waals surface area contributed by atoms with Crippen molar-refractivity contribution in [3.63, 3.8) is 0 Å². The van der Waals surface area contributed by atoms with Crippen LogP contribution < -0.4 is 5.32 Å². The third-order valence-electron chi connectivity index (χ3n) is 3.85. The second-order valence-electron chi connectivity index (χ2n) is 7.22. The monoisotopic (exact) mass is 368 g/mol. The van der Waals surface area contributed by atoms with Gasteiger partial charge in [-0.1, -0.05) is 20.8 Å². The summed E-state index contributed by atoms with van der Waals surface area (Å²) in [5.74, 6) is 1.22. The molecule has 1 N–H and O–H groups in total. The molecule has 2 aromatic heterocycles. The van der Waals surface area contributed by atoms with Crippen LogP contribution >= 0.6 is 0 Å². The smallest absolute Gasteiger partial charge is 0.224 e. The fraction of sp³-hybridized carbons (Fsp3) is 0.300. The lowest BCUT2D eigenvalue weighted by Crippen LogP contribution is -2.17. The van der Waals surface area contributed by atoms with Crippen molar-refractivity contribution in [2.24, 2.45) is 0 Å². The predicted molar refractivity (Wildman–Crippen MR) is 99.6 cm³/mol. The molecule has 2 heterocycles. The number of anilines is 1. The molecule has 0 saturated carbocycles. The molecule has 0 bridgehead atoms. The Balaban J connectivity index is 1.54. The van der Waals surface area contributed by atoms with E-state index in [9.17, 15) is 9.18 Å². The lowest BCUT2D eigenvalue weighted by Gasteiger charge is -2.16. The molecule has 0 fully saturated rings. The summed E-state index contributed by atoms with van der Waals surface area (Å²) in [6, 6.07) is 5.96. The van der Waals surface area contributed by atoms with Crippen molar-refractivity contribution in [2.75, 3.05) is 5.32 Å². The van der Waals surface area contributed by atoms with Crippen molar-refractivity contribution in [1.29, 1.82) is 0 Å². The lowest BCUT2D eigenvalue weighted by molar-refractivity contribution is -0.116. The molecule has 0 radical (unpaired) electrons. The van der Waals surface area contributed by atoms with Gasteiger partial charge in [0.1, 0.15) is 11.6 Å². The predicted octanol–water partition coefficient (Wildman–Crippen LogP) is 4.14. The molecule has 3 rings (SSSR count). The van der Waals surface area contributed by atoms with Gasteiger partial charge >= 0.3 is 0 Å². The minimum Gasteiger partial charge on any atom is -0.441 e. The van der Waals surface area contributed by atoms with Gasteiger partial charge in [0.05, 0.1) is 24.3 Å². The molecule has 0 unspecified atom stereocenters. The van der Waals surface area contributed by atoms with Crippen LogP contribution in [0.25, 0.3) is 11.3 Å². The number of benzene rings is 1. The molecule has 0 aliphatic heterocycles. The highest BCUT2D eigenvalue weighted by molar-refractivity contribution is 5.90. The third kappa shape index (κ3) is 4.97. The Kier molecular flexibility index (Phi) is 5.30. The highest BCUT2D eigenvalue weighted by Crippen LogP contribution is 2.21. The Labute approximate surface area is 156 Å². The van der Waals surface area contributed by atoms with Crippen molar-refractivity contribution in [1.82, 2.24) is 15.0 Å². The summed E-state index contributed by atoms with van der Waals surface area (Å²) in [5.41, 5.74) is 1.14. The van der Waals surface area contributed by atoms with E-state index in [1.807, 2.05) is 20.8 Å². The maximum absolute atomic E-state index is 13.0. The molecule has 1 aromatic carbocycles. The number of aromatic nitrogens is 3. The van der Waals surface area contributed by atoms with Crippen molar-refractivity contribution in [3.8, 4) is 11.3 Å². The average molecular weight is 368 g/mol. The first-order chi connectivity index (χ1) is 12.8. The minimum atomic E-state index is -0.310. The Morgan fingerprint density at radius 2 is 1.74 bits per heavy atom. The molecule has 3 aromatic rings. The van der Waals surface area contributed by atoms with Gasteiger partial charge in [0, 0.05) is 23.8 Å². The molecule has 0 spiro atoms. The van der Waals surface area contributed by atoms with Gasteiger partial charge in [-0.2, -0.15) is 0 Å². The Hall–Kier alpha value is -3.09. The van der Waals surface area contributed by atoms with Crippen molar-refractivity contribution < 1.29 is 13.6 Å². The first-order valence-corrected chi connectivity index (χ1v) is 8.64. The largest absolute Gasteiger partial charge is 0.441 e. The molecule has 27 heavy (non-hydrogen) atoms. The van der Waals surface area contributed by atoms with Crippen LogP contribution in [0.3, 0.4) is 0 Å². The summed E-state index contributed by atoms with van der Waals surface area (Å²) in [5, 5.41) is 2.76. The number of hydrogen-bond donors (Lipinski definition) is 1. The van der Waals surface area contributed by atoms with Crippen molar-refractivity contribution >= 4 is 11.6 Å². The number of rotatable bonds is 5. The van der Waals surface area contributed by atoms with Crippen LogP contribution in [0.1, 0.15) is 38.9 Å². The highest BCUT2D eigenvalue weighted by atomic mass is 19.1. The molecular weight excluding hydrogens is 347 g/mol. The number of carbonyl (C=O) groups excluding carboxylic acids is 1.